The first-order chi connectivity index (χ1) is 14.4. The van der Waals surface area contributed by atoms with Crippen molar-refractivity contribution in [2.24, 2.45) is 0 Å². The number of ether oxygens (including phenoxy) is 4. The zero-order valence-corrected chi connectivity index (χ0v) is 16.8. The molecule has 0 bridgehead atoms. The maximum absolute atomic E-state index is 13.4. The van der Waals surface area contributed by atoms with E-state index in [0.29, 0.717) is 0 Å². The molecule has 31 heavy (non-hydrogen) atoms. The molecule has 0 saturated heterocycles. The third-order valence-corrected chi connectivity index (χ3v) is 3.98. The normalized spacial score (nSPS) is 16.2. The van der Waals surface area contributed by atoms with Gasteiger partial charge in [0.05, 0.1) is 10.6 Å². The average Bonchev–Trinajstić information content (AvgIpc) is 2.64. The van der Waals surface area contributed by atoms with Crippen LogP contribution >= 0.6 is 23.2 Å². The van der Waals surface area contributed by atoms with Crippen LogP contribution in [0.5, 0.6) is 5.75 Å². The summed E-state index contributed by atoms with van der Waals surface area (Å²) in [6.07, 6.45) is -9.36. The molecule has 1 aromatic carbocycles. The molecule has 170 valence electrons. The van der Waals surface area contributed by atoms with Crippen LogP contribution in [0.3, 0.4) is 0 Å². The molecule has 1 aromatic rings. The van der Waals surface area contributed by atoms with Crippen molar-refractivity contribution in [2.75, 3.05) is 13.4 Å². The number of hydrogen-bond acceptors (Lipinski definition) is 9. The largest absolute Gasteiger partial charge is 0.511 e. The quantitative estimate of drug-likeness (QED) is 0.242. The molecule has 0 saturated carbocycles. The highest BCUT2D eigenvalue weighted by molar-refractivity contribution is 6.36. The number of rotatable bonds is 7. The third kappa shape index (κ3) is 6.79. The van der Waals surface area contributed by atoms with Gasteiger partial charge in [0.1, 0.15) is 18.5 Å². The lowest BCUT2D eigenvalue weighted by molar-refractivity contribution is -0.759. The van der Waals surface area contributed by atoms with Gasteiger partial charge in [-0.1, -0.05) is 23.2 Å². The summed E-state index contributed by atoms with van der Waals surface area (Å²) >= 11 is 11.7. The van der Waals surface area contributed by atoms with Gasteiger partial charge >= 0.3 is 18.3 Å². The molecule has 15 heteroatoms. The van der Waals surface area contributed by atoms with E-state index >= 15 is 0 Å². The minimum atomic E-state index is -5.00. The Labute approximate surface area is 181 Å². The molecule has 0 N–H and O–H groups in total. The van der Waals surface area contributed by atoms with Crippen molar-refractivity contribution >= 4 is 41.4 Å². The Bertz CT molecular complexity index is 907. The van der Waals surface area contributed by atoms with Crippen molar-refractivity contribution in [3.63, 3.8) is 0 Å². The minimum absolute atomic E-state index is 0.00453. The van der Waals surface area contributed by atoms with Crippen molar-refractivity contribution in [3.8, 4) is 5.75 Å². The van der Waals surface area contributed by atoms with Gasteiger partial charge in [-0.3, -0.25) is 0 Å². The monoisotopic (exact) mass is 489 g/mol. The number of carbonyl (C=O) groups is 2. The van der Waals surface area contributed by atoms with E-state index < -0.39 is 54.6 Å². The molecule has 1 heterocycles. The molecule has 2 atom stereocenters. The van der Waals surface area contributed by atoms with Gasteiger partial charge < -0.3 is 23.8 Å². The molecule has 0 amide bonds. The fraction of sp³-hybridized carbons (Fsp3) is 0.375. The first-order valence-corrected chi connectivity index (χ1v) is 8.86. The molecule has 1 aliphatic rings. The highest BCUT2D eigenvalue weighted by Crippen LogP contribution is 2.42. The summed E-state index contributed by atoms with van der Waals surface area (Å²) in [6.45, 7) is -0.460. The van der Waals surface area contributed by atoms with Gasteiger partial charge in [0.2, 0.25) is 12.9 Å². The Morgan fingerprint density at radius 3 is 2.58 bits per heavy atom. The van der Waals surface area contributed by atoms with E-state index in [1.54, 1.807) is 0 Å². The molecule has 10 nitrogen and oxygen atoms in total. The van der Waals surface area contributed by atoms with E-state index in [1.807, 2.05) is 0 Å². The summed E-state index contributed by atoms with van der Waals surface area (Å²) in [7, 11) is 0. The number of halogens is 5. The summed E-state index contributed by atoms with van der Waals surface area (Å²) in [5.74, 6) is -1.82. The zero-order valence-electron chi connectivity index (χ0n) is 15.3. The Kier molecular flexibility index (Phi) is 7.79. The van der Waals surface area contributed by atoms with E-state index in [2.05, 4.69) is 19.0 Å². The SMILES string of the molecule is C[C@@H](CO[N+](=O)[O-])OC(=O)OCOC(=O)C1=Cc2cc(Cl)cc(Cl)c2OC1C(F)(F)F. The third-order valence-electron chi connectivity index (χ3n) is 3.48. The predicted octanol–water partition coefficient (Wildman–Crippen LogP) is 3.95. The number of nitrogens with zero attached hydrogens (tertiary/aromatic N) is 1. The topological polar surface area (TPSA) is 123 Å². The Morgan fingerprint density at radius 2 is 1.97 bits per heavy atom. The molecule has 1 unspecified atom stereocenters. The van der Waals surface area contributed by atoms with Gasteiger partial charge in [0.25, 0.3) is 5.09 Å². The predicted molar refractivity (Wildman–Crippen MR) is 95.8 cm³/mol. The van der Waals surface area contributed by atoms with Crippen molar-refractivity contribution in [3.05, 3.63) is 43.4 Å². The van der Waals surface area contributed by atoms with Gasteiger partial charge in [-0.15, -0.1) is 10.1 Å². The van der Waals surface area contributed by atoms with Crippen LogP contribution < -0.4 is 4.74 Å². The second-order valence-corrected chi connectivity index (χ2v) is 6.68. The van der Waals surface area contributed by atoms with Gasteiger partial charge in [0, 0.05) is 10.6 Å². The van der Waals surface area contributed by atoms with Crippen molar-refractivity contribution in [2.45, 2.75) is 25.3 Å². The summed E-state index contributed by atoms with van der Waals surface area (Å²) in [5.41, 5.74) is -0.937. The first kappa shape index (κ1) is 24.3. The standard InChI is InChI=1S/C16H12Cl2F3NO9/c1-7(5-29-22(25)26)30-15(24)28-6-27-14(23)10-3-8-2-9(17)4-11(18)12(8)31-13(10)16(19,20)21/h2-4,7,13H,5-6H2,1H3/t7-,13?/m0/s1. The molecular formula is C16H12Cl2F3NO9. The second-order valence-electron chi connectivity index (χ2n) is 5.84. The summed E-state index contributed by atoms with van der Waals surface area (Å²) in [5, 5.41) is 8.83. The van der Waals surface area contributed by atoms with Crippen LogP contribution in [0, 0.1) is 10.1 Å². The molecule has 0 aromatic heterocycles. The van der Waals surface area contributed by atoms with Crippen LogP contribution in [0.25, 0.3) is 6.08 Å². The van der Waals surface area contributed by atoms with Crippen LogP contribution in [0.4, 0.5) is 18.0 Å². The number of hydrogen-bond donors (Lipinski definition) is 0. The molecule has 0 aliphatic carbocycles. The molecule has 0 spiro atoms. The number of fused-ring (bicyclic) bond motifs is 1. The molecule has 2 rings (SSSR count). The van der Waals surface area contributed by atoms with Gasteiger partial charge in [-0.05, 0) is 25.1 Å². The number of benzene rings is 1. The Morgan fingerprint density at radius 1 is 1.29 bits per heavy atom. The molecular weight excluding hydrogens is 478 g/mol. The van der Waals surface area contributed by atoms with E-state index in [-0.39, 0.29) is 21.4 Å². The lowest BCUT2D eigenvalue weighted by Crippen LogP contribution is -2.41. The fourth-order valence-corrected chi connectivity index (χ4v) is 2.81. The molecule has 1 aliphatic heterocycles. The minimum Gasteiger partial charge on any atom is -0.474 e. The number of alkyl halides is 3. The van der Waals surface area contributed by atoms with E-state index in [1.165, 1.54) is 19.1 Å². The Hall–Kier alpha value is -2.93. The average molecular weight is 490 g/mol. The highest BCUT2D eigenvalue weighted by atomic mass is 35.5. The Balaban J connectivity index is 2.04. The van der Waals surface area contributed by atoms with Gasteiger partial charge in [-0.2, -0.15) is 13.2 Å². The number of esters is 1. The summed E-state index contributed by atoms with van der Waals surface area (Å²) < 4.78 is 58.4. The molecule has 0 fully saturated rings. The van der Waals surface area contributed by atoms with Crippen molar-refractivity contribution in [1.82, 2.24) is 0 Å². The van der Waals surface area contributed by atoms with Crippen LogP contribution in [-0.4, -0.2) is 49.0 Å². The van der Waals surface area contributed by atoms with Gasteiger partial charge in [0.15, 0.2) is 0 Å². The van der Waals surface area contributed by atoms with Crippen LogP contribution in [0.2, 0.25) is 10.0 Å². The smallest absolute Gasteiger partial charge is 0.474 e. The lowest BCUT2D eigenvalue weighted by atomic mass is 10.0. The second kappa shape index (κ2) is 9.92. The lowest BCUT2D eigenvalue weighted by Gasteiger charge is -2.28. The molecule has 0 radical (unpaired) electrons. The first-order valence-electron chi connectivity index (χ1n) is 8.10. The van der Waals surface area contributed by atoms with Gasteiger partial charge in [-0.25, -0.2) is 9.59 Å². The number of carbonyl (C=O) groups excluding carboxylic acids is 2. The van der Waals surface area contributed by atoms with E-state index in [0.717, 1.165) is 6.08 Å². The van der Waals surface area contributed by atoms with Crippen LogP contribution in [0.1, 0.15) is 12.5 Å². The summed E-state index contributed by atoms with van der Waals surface area (Å²) in [4.78, 5) is 37.6. The fourth-order valence-electron chi connectivity index (χ4n) is 2.26. The van der Waals surface area contributed by atoms with Crippen LogP contribution in [0.15, 0.2) is 17.7 Å². The van der Waals surface area contributed by atoms with E-state index in [4.69, 9.17) is 27.9 Å². The van der Waals surface area contributed by atoms with Crippen molar-refractivity contribution < 1.29 is 51.6 Å². The van der Waals surface area contributed by atoms with Crippen molar-refractivity contribution in [1.29, 1.82) is 0 Å². The van der Waals surface area contributed by atoms with E-state index in [9.17, 15) is 32.9 Å². The maximum atomic E-state index is 13.4. The zero-order chi connectivity index (χ0) is 23.3. The maximum Gasteiger partial charge on any atom is 0.511 e. The summed E-state index contributed by atoms with van der Waals surface area (Å²) in [6, 6.07) is 2.40. The van der Waals surface area contributed by atoms with Crippen LogP contribution in [-0.2, 0) is 23.8 Å². The highest BCUT2D eigenvalue weighted by Gasteiger charge is 2.49.